The van der Waals surface area contributed by atoms with Gasteiger partial charge in [-0.1, -0.05) is 23.7 Å². The monoisotopic (exact) mass is 407 g/mol. The molecular weight excluding hydrogens is 389 g/mol. The van der Waals surface area contributed by atoms with E-state index in [1.54, 1.807) is 37.3 Å². The molecule has 2 aromatic carbocycles. The van der Waals surface area contributed by atoms with E-state index in [9.17, 15) is 9.18 Å². The molecule has 0 radical (unpaired) electrons. The van der Waals surface area contributed by atoms with Gasteiger partial charge in [0.1, 0.15) is 5.82 Å². The van der Waals surface area contributed by atoms with Crippen LogP contribution in [0.25, 0.3) is 11.8 Å². The predicted octanol–water partition coefficient (Wildman–Crippen LogP) is 5.69. The van der Waals surface area contributed by atoms with E-state index in [4.69, 9.17) is 11.6 Å². The maximum absolute atomic E-state index is 13.7. The number of rotatable bonds is 3. The molecule has 3 aromatic rings. The van der Waals surface area contributed by atoms with Gasteiger partial charge >= 0.3 is 0 Å². The maximum Gasteiger partial charge on any atom is 0.280 e. The Balaban J connectivity index is 1.73. The van der Waals surface area contributed by atoms with Crippen LogP contribution in [0.2, 0.25) is 5.02 Å². The van der Waals surface area contributed by atoms with Gasteiger partial charge in [0.05, 0.1) is 17.0 Å². The lowest BCUT2D eigenvalue weighted by atomic mass is 10.1. The highest BCUT2D eigenvalue weighted by Gasteiger charge is 2.29. The largest absolute Gasteiger partial charge is 0.318 e. The van der Waals surface area contributed by atoms with Crippen LogP contribution in [0, 0.1) is 19.7 Å². The Hall–Kier alpha value is -3.18. The number of hydrogen-bond acceptors (Lipinski definition) is 2. The summed E-state index contributed by atoms with van der Waals surface area (Å²) in [7, 11) is 0. The minimum Gasteiger partial charge on any atom is -0.318 e. The molecule has 1 aliphatic rings. The second-order valence-corrected chi connectivity index (χ2v) is 7.42. The molecule has 0 N–H and O–H groups in total. The molecule has 0 atom stereocenters. The van der Waals surface area contributed by atoms with Crippen LogP contribution in [-0.4, -0.2) is 16.2 Å². The van der Waals surface area contributed by atoms with Crippen LogP contribution in [0.5, 0.6) is 0 Å². The first-order valence-electron chi connectivity index (χ1n) is 9.17. The molecule has 0 aliphatic carbocycles. The molecule has 1 amide bonds. The normalized spacial score (nSPS) is 15.3. The van der Waals surface area contributed by atoms with E-state index in [2.05, 4.69) is 5.10 Å². The zero-order valence-electron chi connectivity index (χ0n) is 16.3. The number of carbonyl (C=O) groups is 1. The van der Waals surface area contributed by atoms with Crippen LogP contribution >= 0.6 is 11.6 Å². The number of amides is 1. The van der Waals surface area contributed by atoms with Crippen LogP contribution < -0.4 is 5.01 Å². The molecule has 0 unspecified atom stereocenters. The van der Waals surface area contributed by atoms with E-state index in [0.29, 0.717) is 22.0 Å². The van der Waals surface area contributed by atoms with Crippen molar-refractivity contribution in [2.24, 2.45) is 5.10 Å². The fraction of sp³-hybridized carbons (Fsp3) is 0.130. The van der Waals surface area contributed by atoms with E-state index in [1.807, 2.05) is 36.6 Å². The molecule has 1 aliphatic heterocycles. The molecule has 4 rings (SSSR count). The molecule has 6 heteroatoms. The van der Waals surface area contributed by atoms with E-state index >= 15 is 0 Å². The Morgan fingerprint density at radius 3 is 2.45 bits per heavy atom. The summed E-state index contributed by atoms with van der Waals surface area (Å²) in [5.74, 6) is -0.499. The minimum atomic E-state index is -0.291. The minimum absolute atomic E-state index is 0.208. The Kier molecular flexibility index (Phi) is 4.84. The molecule has 4 nitrogen and oxygen atoms in total. The quantitative estimate of drug-likeness (QED) is 0.513. The summed E-state index contributed by atoms with van der Waals surface area (Å²) in [5, 5.41) is 6.31. The van der Waals surface area contributed by atoms with Crippen LogP contribution in [0.3, 0.4) is 0 Å². The van der Waals surface area contributed by atoms with Gasteiger partial charge < -0.3 is 4.57 Å². The molecule has 146 valence electrons. The molecule has 29 heavy (non-hydrogen) atoms. The van der Waals surface area contributed by atoms with Gasteiger partial charge in [0, 0.05) is 22.1 Å². The van der Waals surface area contributed by atoms with Crippen LogP contribution in [0.15, 0.2) is 65.3 Å². The van der Waals surface area contributed by atoms with Crippen molar-refractivity contribution in [3.63, 3.8) is 0 Å². The first-order chi connectivity index (χ1) is 13.8. The molecule has 0 fully saturated rings. The average molecular weight is 408 g/mol. The van der Waals surface area contributed by atoms with Crippen molar-refractivity contribution in [2.45, 2.75) is 20.8 Å². The smallest absolute Gasteiger partial charge is 0.280 e. The number of hydrazone groups is 1. The lowest BCUT2D eigenvalue weighted by Gasteiger charge is -2.12. The molecule has 0 bridgehead atoms. The third-order valence-electron chi connectivity index (χ3n) is 4.95. The molecule has 0 saturated carbocycles. The summed E-state index contributed by atoms with van der Waals surface area (Å²) >= 11 is 6.05. The number of benzene rings is 2. The number of carbonyl (C=O) groups excluding carboxylic acids is 1. The summed E-state index contributed by atoms with van der Waals surface area (Å²) in [6.45, 7) is 5.71. The van der Waals surface area contributed by atoms with Gasteiger partial charge in [-0.05, 0) is 74.9 Å². The Morgan fingerprint density at radius 2 is 1.72 bits per heavy atom. The second kappa shape index (κ2) is 7.33. The number of halogens is 2. The van der Waals surface area contributed by atoms with Crippen LogP contribution in [-0.2, 0) is 4.79 Å². The molecule has 0 spiro atoms. The van der Waals surface area contributed by atoms with E-state index < -0.39 is 0 Å². The van der Waals surface area contributed by atoms with Gasteiger partial charge in [-0.3, -0.25) is 4.79 Å². The summed E-state index contributed by atoms with van der Waals surface area (Å²) in [5.41, 5.74) is 5.27. The van der Waals surface area contributed by atoms with Crippen molar-refractivity contribution < 1.29 is 9.18 Å². The third-order valence-corrected chi connectivity index (χ3v) is 5.19. The summed E-state index contributed by atoms with van der Waals surface area (Å²) < 4.78 is 15.7. The van der Waals surface area contributed by atoms with Gasteiger partial charge in [-0.15, -0.1) is 0 Å². The topological polar surface area (TPSA) is 37.6 Å². The van der Waals surface area contributed by atoms with Crippen molar-refractivity contribution >= 4 is 35.0 Å². The standard InChI is InChI=1S/C23H19ClFN3O/c1-14-10-17(16(3)27(14)20-8-5-7-19(25)13-20)11-22-15(2)26-28(23(22)29)21-9-4-6-18(24)12-21/h4-13H,1-3H3/b22-11+. The van der Waals surface area contributed by atoms with Crippen LogP contribution in [0.1, 0.15) is 23.9 Å². The molecule has 0 saturated heterocycles. The van der Waals surface area contributed by atoms with Gasteiger partial charge in [0.2, 0.25) is 0 Å². The van der Waals surface area contributed by atoms with E-state index in [-0.39, 0.29) is 11.7 Å². The SMILES string of the molecule is CC1=NN(c2cccc(Cl)c2)C(=O)/C1=C/c1cc(C)n(-c2cccc(F)c2)c1C. The highest BCUT2D eigenvalue weighted by molar-refractivity contribution is 6.33. The number of hydrogen-bond donors (Lipinski definition) is 0. The summed E-state index contributed by atoms with van der Waals surface area (Å²) in [6, 6.07) is 15.5. The third kappa shape index (κ3) is 3.49. The first-order valence-corrected chi connectivity index (χ1v) is 9.55. The Bertz CT molecular complexity index is 1190. The van der Waals surface area contributed by atoms with Crippen molar-refractivity contribution in [2.75, 3.05) is 5.01 Å². The van der Waals surface area contributed by atoms with Gasteiger partial charge in [0.25, 0.3) is 5.91 Å². The molecular formula is C23H19ClFN3O. The number of aryl methyl sites for hydroxylation is 1. The second-order valence-electron chi connectivity index (χ2n) is 6.98. The van der Waals surface area contributed by atoms with Crippen molar-refractivity contribution in [1.29, 1.82) is 0 Å². The molecule has 2 heterocycles. The average Bonchev–Trinajstić information content (AvgIpc) is 3.11. The molecule has 1 aromatic heterocycles. The predicted molar refractivity (Wildman–Crippen MR) is 115 cm³/mol. The summed E-state index contributed by atoms with van der Waals surface area (Å²) in [6.07, 6.45) is 1.84. The Labute approximate surface area is 173 Å². The van der Waals surface area contributed by atoms with E-state index in [1.165, 1.54) is 17.1 Å². The lowest BCUT2D eigenvalue weighted by molar-refractivity contribution is -0.114. The highest BCUT2D eigenvalue weighted by atomic mass is 35.5. The van der Waals surface area contributed by atoms with Crippen molar-refractivity contribution in [3.8, 4) is 5.69 Å². The Morgan fingerprint density at radius 1 is 1.00 bits per heavy atom. The summed E-state index contributed by atoms with van der Waals surface area (Å²) in [4.78, 5) is 13.0. The number of aromatic nitrogens is 1. The highest BCUT2D eigenvalue weighted by Crippen LogP contribution is 2.29. The maximum atomic E-state index is 13.7. The number of nitrogens with zero attached hydrogens (tertiary/aromatic N) is 3. The fourth-order valence-corrected chi connectivity index (χ4v) is 3.75. The van der Waals surface area contributed by atoms with Crippen molar-refractivity contribution in [1.82, 2.24) is 4.57 Å². The first kappa shape index (κ1) is 19.2. The van der Waals surface area contributed by atoms with Crippen molar-refractivity contribution in [3.05, 3.63) is 88.0 Å². The zero-order chi connectivity index (χ0) is 20.7. The van der Waals surface area contributed by atoms with Gasteiger partial charge in [-0.25, -0.2) is 4.39 Å². The zero-order valence-corrected chi connectivity index (χ0v) is 17.0. The van der Waals surface area contributed by atoms with Gasteiger partial charge in [-0.2, -0.15) is 10.1 Å². The number of anilines is 1. The van der Waals surface area contributed by atoms with Crippen LogP contribution in [0.4, 0.5) is 10.1 Å². The van der Waals surface area contributed by atoms with Gasteiger partial charge in [0.15, 0.2) is 0 Å². The van der Waals surface area contributed by atoms with E-state index in [0.717, 1.165) is 22.6 Å². The lowest BCUT2D eigenvalue weighted by Crippen LogP contribution is -2.21. The fourth-order valence-electron chi connectivity index (χ4n) is 3.57.